The zero-order chi connectivity index (χ0) is 20.3. The maximum atomic E-state index is 12.5. The molecule has 0 atom stereocenters. The summed E-state index contributed by atoms with van der Waals surface area (Å²) in [6, 6.07) is 18.6. The number of hydrogen-bond acceptors (Lipinski definition) is 3. The quantitative estimate of drug-likeness (QED) is 0.556. The van der Waals surface area contributed by atoms with Crippen LogP contribution in [0.15, 0.2) is 76.1 Å². The zero-order valence-corrected chi connectivity index (χ0v) is 17.8. The summed E-state index contributed by atoms with van der Waals surface area (Å²) in [5, 5.41) is 2.80. The average Bonchev–Trinajstić information content (AvgIpc) is 2.66. The highest BCUT2D eigenvalue weighted by molar-refractivity contribution is 9.10. The Morgan fingerprint density at radius 2 is 1.46 bits per heavy atom. The second kappa shape index (κ2) is 8.16. The minimum atomic E-state index is -3.71. The average molecular weight is 459 g/mol. The van der Waals surface area contributed by atoms with E-state index in [4.69, 9.17) is 0 Å². The summed E-state index contributed by atoms with van der Waals surface area (Å²) >= 11 is 3.31. The number of carbonyl (C=O) groups excluding carboxylic acids is 1. The number of aryl methyl sites for hydroxylation is 2. The van der Waals surface area contributed by atoms with Gasteiger partial charge in [-0.3, -0.25) is 9.52 Å². The van der Waals surface area contributed by atoms with Crippen LogP contribution in [0.3, 0.4) is 0 Å². The Kier molecular flexibility index (Phi) is 5.86. The third-order valence-electron chi connectivity index (χ3n) is 4.16. The Bertz CT molecular complexity index is 1110. The molecule has 0 unspecified atom stereocenters. The van der Waals surface area contributed by atoms with Crippen LogP contribution in [-0.4, -0.2) is 14.3 Å². The van der Waals surface area contributed by atoms with Gasteiger partial charge in [0.25, 0.3) is 15.9 Å². The summed E-state index contributed by atoms with van der Waals surface area (Å²) < 4.78 is 28.4. The summed E-state index contributed by atoms with van der Waals surface area (Å²) in [5.41, 5.74) is 3.45. The van der Waals surface area contributed by atoms with Gasteiger partial charge in [-0.05, 0) is 74.0 Å². The van der Waals surface area contributed by atoms with Crippen LogP contribution in [0.2, 0.25) is 0 Å². The van der Waals surface area contributed by atoms with Crippen LogP contribution in [-0.2, 0) is 10.0 Å². The minimum absolute atomic E-state index is 0.111. The van der Waals surface area contributed by atoms with Crippen molar-refractivity contribution in [2.75, 3.05) is 10.0 Å². The molecule has 1 amide bonds. The van der Waals surface area contributed by atoms with E-state index in [-0.39, 0.29) is 10.8 Å². The number of nitrogens with one attached hydrogen (secondary N) is 2. The maximum Gasteiger partial charge on any atom is 0.261 e. The molecule has 28 heavy (non-hydrogen) atoms. The van der Waals surface area contributed by atoms with Crippen LogP contribution in [0.1, 0.15) is 21.5 Å². The molecule has 3 aromatic carbocycles. The van der Waals surface area contributed by atoms with E-state index in [0.717, 1.165) is 15.6 Å². The molecule has 3 rings (SSSR count). The van der Waals surface area contributed by atoms with Gasteiger partial charge in [0.1, 0.15) is 0 Å². The van der Waals surface area contributed by atoms with Gasteiger partial charge in [0.2, 0.25) is 0 Å². The van der Waals surface area contributed by atoms with E-state index in [9.17, 15) is 13.2 Å². The number of amides is 1. The Hall–Kier alpha value is -2.64. The van der Waals surface area contributed by atoms with Gasteiger partial charge in [0.15, 0.2) is 0 Å². The van der Waals surface area contributed by atoms with Crippen molar-refractivity contribution >= 4 is 43.2 Å². The first kappa shape index (κ1) is 20.1. The zero-order valence-electron chi connectivity index (χ0n) is 15.4. The number of halogens is 1. The number of carbonyl (C=O) groups is 1. The number of benzene rings is 3. The molecule has 0 aromatic heterocycles. The van der Waals surface area contributed by atoms with Crippen molar-refractivity contribution in [3.63, 3.8) is 0 Å². The Morgan fingerprint density at radius 1 is 0.857 bits per heavy atom. The summed E-state index contributed by atoms with van der Waals surface area (Å²) in [5.74, 6) is -0.232. The lowest BCUT2D eigenvalue weighted by atomic mass is 10.1. The van der Waals surface area contributed by atoms with Gasteiger partial charge in [-0.1, -0.05) is 33.6 Å². The molecular weight excluding hydrogens is 440 g/mol. The molecule has 2 N–H and O–H groups in total. The molecule has 0 radical (unpaired) electrons. The minimum Gasteiger partial charge on any atom is -0.322 e. The summed E-state index contributed by atoms with van der Waals surface area (Å²) in [4.78, 5) is 12.6. The first-order chi connectivity index (χ1) is 13.2. The molecule has 0 aliphatic rings. The second-order valence-corrected chi connectivity index (χ2v) is 9.01. The highest BCUT2D eigenvalue weighted by atomic mass is 79.9. The lowest BCUT2D eigenvalue weighted by Crippen LogP contribution is -2.15. The number of anilines is 2. The SMILES string of the molecule is Cc1ccc(C)c(C(=O)Nc2ccc(S(=O)(=O)Nc3ccc(Br)cc3)cc2)c1. The van der Waals surface area contributed by atoms with Gasteiger partial charge in [-0.25, -0.2) is 8.42 Å². The van der Waals surface area contributed by atoms with Gasteiger partial charge in [-0.2, -0.15) is 0 Å². The van der Waals surface area contributed by atoms with Crippen molar-refractivity contribution < 1.29 is 13.2 Å². The molecule has 5 nitrogen and oxygen atoms in total. The summed E-state index contributed by atoms with van der Waals surface area (Å²) in [6.45, 7) is 3.80. The Labute approximate surface area is 173 Å². The molecule has 0 saturated heterocycles. The molecule has 7 heteroatoms. The first-order valence-electron chi connectivity index (χ1n) is 8.52. The van der Waals surface area contributed by atoms with E-state index in [1.807, 2.05) is 32.0 Å². The van der Waals surface area contributed by atoms with Crippen LogP contribution in [0, 0.1) is 13.8 Å². The second-order valence-electron chi connectivity index (χ2n) is 6.41. The topological polar surface area (TPSA) is 75.3 Å². The van der Waals surface area contributed by atoms with Gasteiger partial charge in [-0.15, -0.1) is 0 Å². The smallest absolute Gasteiger partial charge is 0.261 e. The Morgan fingerprint density at radius 3 is 2.11 bits per heavy atom. The first-order valence-corrected chi connectivity index (χ1v) is 10.8. The summed E-state index contributed by atoms with van der Waals surface area (Å²) in [6.07, 6.45) is 0. The van der Waals surface area contributed by atoms with Crippen LogP contribution >= 0.6 is 15.9 Å². The van der Waals surface area contributed by atoms with E-state index in [0.29, 0.717) is 16.9 Å². The standard InChI is InChI=1S/C21H19BrN2O3S/c1-14-3-4-15(2)20(13-14)21(25)23-17-9-11-19(12-10-17)28(26,27)24-18-7-5-16(22)6-8-18/h3-13,24H,1-2H3,(H,23,25). The van der Waals surface area contributed by atoms with Crippen LogP contribution in [0.4, 0.5) is 11.4 Å². The number of rotatable bonds is 5. The fourth-order valence-electron chi connectivity index (χ4n) is 2.63. The number of hydrogen-bond donors (Lipinski definition) is 2. The van der Waals surface area contributed by atoms with Crippen molar-refractivity contribution in [3.8, 4) is 0 Å². The van der Waals surface area contributed by atoms with Gasteiger partial charge < -0.3 is 5.32 Å². The molecule has 0 aliphatic heterocycles. The highest BCUT2D eigenvalue weighted by Gasteiger charge is 2.15. The van der Waals surface area contributed by atoms with Crippen LogP contribution in [0.5, 0.6) is 0 Å². The van der Waals surface area contributed by atoms with Crippen molar-refractivity contribution in [2.45, 2.75) is 18.7 Å². The molecule has 0 bridgehead atoms. The molecule has 144 valence electrons. The van der Waals surface area contributed by atoms with Gasteiger partial charge in [0, 0.05) is 21.4 Å². The maximum absolute atomic E-state index is 12.5. The molecule has 3 aromatic rings. The molecular formula is C21H19BrN2O3S. The highest BCUT2D eigenvalue weighted by Crippen LogP contribution is 2.21. The van der Waals surface area contributed by atoms with Crippen molar-refractivity contribution in [1.82, 2.24) is 0 Å². The third kappa shape index (κ3) is 4.79. The largest absolute Gasteiger partial charge is 0.322 e. The van der Waals surface area contributed by atoms with Crippen molar-refractivity contribution in [1.29, 1.82) is 0 Å². The summed E-state index contributed by atoms with van der Waals surface area (Å²) in [7, 11) is -3.71. The van der Waals surface area contributed by atoms with Gasteiger partial charge in [0.05, 0.1) is 4.90 Å². The molecule has 0 spiro atoms. The van der Waals surface area contributed by atoms with Crippen molar-refractivity contribution in [2.24, 2.45) is 0 Å². The fraction of sp³-hybridized carbons (Fsp3) is 0.0952. The van der Waals surface area contributed by atoms with E-state index in [2.05, 4.69) is 26.0 Å². The molecule has 0 fully saturated rings. The molecule has 0 heterocycles. The van der Waals surface area contributed by atoms with E-state index in [1.54, 1.807) is 36.4 Å². The van der Waals surface area contributed by atoms with Crippen molar-refractivity contribution in [3.05, 3.63) is 87.9 Å². The van der Waals surface area contributed by atoms with E-state index in [1.165, 1.54) is 12.1 Å². The number of sulfonamides is 1. The Balaban J connectivity index is 1.74. The van der Waals surface area contributed by atoms with Crippen LogP contribution < -0.4 is 10.0 Å². The van der Waals surface area contributed by atoms with E-state index >= 15 is 0 Å². The normalized spacial score (nSPS) is 11.1. The fourth-order valence-corrected chi connectivity index (χ4v) is 3.95. The lowest BCUT2D eigenvalue weighted by Gasteiger charge is -2.11. The predicted octanol–water partition coefficient (Wildman–Crippen LogP) is 5.12. The molecule has 0 saturated carbocycles. The third-order valence-corrected chi connectivity index (χ3v) is 6.08. The van der Waals surface area contributed by atoms with Crippen LogP contribution in [0.25, 0.3) is 0 Å². The van der Waals surface area contributed by atoms with E-state index < -0.39 is 10.0 Å². The monoisotopic (exact) mass is 458 g/mol. The lowest BCUT2D eigenvalue weighted by molar-refractivity contribution is 0.102. The molecule has 0 aliphatic carbocycles. The predicted molar refractivity (Wildman–Crippen MR) is 115 cm³/mol. The van der Waals surface area contributed by atoms with Gasteiger partial charge >= 0.3 is 0 Å².